The van der Waals surface area contributed by atoms with E-state index in [9.17, 15) is 8.78 Å². The molecule has 0 radical (unpaired) electrons. The van der Waals surface area contributed by atoms with Gasteiger partial charge in [0.1, 0.15) is 11.6 Å². The molecule has 3 heteroatoms. The first kappa shape index (κ1) is 11.9. The van der Waals surface area contributed by atoms with E-state index >= 15 is 0 Å². The number of hydrogen-bond donors (Lipinski definition) is 1. The molecule has 0 bridgehead atoms. The van der Waals surface area contributed by atoms with Crippen molar-refractivity contribution in [3.63, 3.8) is 0 Å². The maximum Gasteiger partial charge on any atom is 0.146 e. The minimum atomic E-state index is -0.381. The van der Waals surface area contributed by atoms with Gasteiger partial charge in [0.05, 0.1) is 5.69 Å². The van der Waals surface area contributed by atoms with E-state index in [1.165, 1.54) is 37.8 Å². The van der Waals surface area contributed by atoms with Crippen LogP contribution in [0.4, 0.5) is 14.5 Å². The molecule has 2 aliphatic rings. The Kier molecular flexibility index (Phi) is 3.23. The van der Waals surface area contributed by atoms with Crippen LogP contribution in [0, 0.1) is 23.5 Å². The van der Waals surface area contributed by atoms with E-state index in [2.05, 4.69) is 5.32 Å². The molecule has 0 amide bonds. The second-order valence-corrected chi connectivity index (χ2v) is 5.73. The van der Waals surface area contributed by atoms with E-state index in [1.54, 1.807) is 0 Å². The standard InChI is InChI=1S/C15H19F2N/c16-12-6-7-14(17)15(9-12)18-13-3-1-2-11(8-13)10-4-5-10/h6-7,9-11,13,18H,1-5,8H2. The van der Waals surface area contributed by atoms with Gasteiger partial charge in [-0.15, -0.1) is 0 Å². The van der Waals surface area contributed by atoms with Crippen molar-refractivity contribution in [2.75, 3.05) is 5.32 Å². The highest BCUT2D eigenvalue weighted by molar-refractivity contribution is 5.45. The fourth-order valence-electron chi connectivity index (χ4n) is 3.18. The Morgan fingerprint density at radius 2 is 1.83 bits per heavy atom. The van der Waals surface area contributed by atoms with E-state index in [4.69, 9.17) is 0 Å². The number of anilines is 1. The van der Waals surface area contributed by atoms with Crippen LogP contribution in [0.5, 0.6) is 0 Å². The molecule has 3 rings (SSSR count). The Morgan fingerprint density at radius 1 is 1.00 bits per heavy atom. The molecule has 18 heavy (non-hydrogen) atoms. The maximum absolute atomic E-state index is 13.6. The van der Waals surface area contributed by atoms with E-state index < -0.39 is 0 Å². The number of rotatable bonds is 3. The summed E-state index contributed by atoms with van der Waals surface area (Å²) in [6.45, 7) is 0. The normalized spacial score (nSPS) is 28.1. The van der Waals surface area contributed by atoms with Gasteiger partial charge < -0.3 is 5.32 Å². The molecule has 2 unspecified atom stereocenters. The zero-order chi connectivity index (χ0) is 12.5. The van der Waals surface area contributed by atoms with Crippen LogP contribution < -0.4 is 5.32 Å². The molecule has 0 aromatic heterocycles. The first-order chi connectivity index (χ1) is 8.72. The van der Waals surface area contributed by atoms with Crippen molar-refractivity contribution in [1.82, 2.24) is 0 Å². The van der Waals surface area contributed by atoms with Crippen molar-refractivity contribution in [3.8, 4) is 0 Å². The molecule has 0 spiro atoms. The minimum Gasteiger partial charge on any atom is -0.380 e. The summed E-state index contributed by atoms with van der Waals surface area (Å²) in [7, 11) is 0. The lowest BCUT2D eigenvalue weighted by molar-refractivity contribution is 0.302. The minimum absolute atomic E-state index is 0.306. The Hall–Kier alpha value is -1.12. The molecule has 1 N–H and O–H groups in total. The predicted molar refractivity (Wildman–Crippen MR) is 68.5 cm³/mol. The molecule has 0 aliphatic heterocycles. The second kappa shape index (κ2) is 4.87. The van der Waals surface area contributed by atoms with Gasteiger partial charge in [0, 0.05) is 6.04 Å². The highest BCUT2D eigenvalue weighted by Gasteiger charge is 2.34. The Morgan fingerprint density at radius 3 is 2.61 bits per heavy atom. The third kappa shape index (κ3) is 2.65. The van der Waals surface area contributed by atoms with Crippen LogP contribution in [-0.4, -0.2) is 6.04 Å². The largest absolute Gasteiger partial charge is 0.380 e. The van der Waals surface area contributed by atoms with Gasteiger partial charge in [-0.3, -0.25) is 0 Å². The highest BCUT2D eigenvalue weighted by atomic mass is 19.1. The summed E-state index contributed by atoms with van der Waals surface area (Å²) in [5.41, 5.74) is 0.316. The van der Waals surface area contributed by atoms with Crippen molar-refractivity contribution in [2.45, 2.75) is 44.6 Å². The molecule has 2 aliphatic carbocycles. The number of halogens is 2. The fraction of sp³-hybridized carbons (Fsp3) is 0.600. The molecule has 2 atom stereocenters. The van der Waals surface area contributed by atoms with Crippen molar-refractivity contribution in [1.29, 1.82) is 0 Å². The molecule has 0 heterocycles. The van der Waals surface area contributed by atoms with E-state index in [-0.39, 0.29) is 11.6 Å². The smallest absolute Gasteiger partial charge is 0.146 e. The lowest BCUT2D eigenvalue weighted by atomic mass is 9.82. The topological polar surface area (TPSA) is 12.0 Å². The predicted octanol–water partition coefficient (Wildman–Crippen LogP) is 4.35. The summed E-state index contributed by atoms with van der Waals surface area (Å²) in [6, 6.07) is 3.92. The molecule has 0 saturated heterocycles. The summed E-state index contributed by atoms with van der Waals surface area (Å²) in [5, 5.41) is 3.19. The molecular weight excluding hydrogens is 232 g/mol. The molecule has 98 valence electrons. The Bertz CT molecular complexity index is 429. The van der Waals surface area contributed by atoms with Crippen molar-refractivity contribution < 1.29 is 8.78 Å². The number of benzene rings is 1. The highest BCUT2D eigenvalue weighted by Crippen LogP contribution is 2.44. The van der Waals surface area contributed by atoms with E-state index in [0.717, 1.165) is 30.7 Å². The average molecular weight is 251 g/mol. The van der Waals surface area contributed by atoms with E-state index in [0.29, 0.717) is 11.7 Å². The summed E-state index contributed by atoms with van der Waals surface area (Å²) < 4.78 is 26.7. The van der Waals surface area contributed by atoms with Crippen LogP contribution in [0.15, 0.2) is 18.2 Å². The zero-order valence-corrected chi connectivity index (χ0v) is 10.5. The van der Waals surface area contributed by atoms with Gasteiger partial charge in [0.25, 0.3) is 0 Å². The van der Waals surface area contributed by atoms with Crippen LogP contribution in [0.25, 0.3) is 0 Å². The van der Waals surface area contributed by atoms with Gasteiger partial charge in [0.15, 0.2) is 0 Å². The Balaban J connectivity index is 1.65. The van der Waals surface area contributed by atoms with Crippen LogP contribution in [-0.2, 0) is 0 Å². The number of hydrogen-bond acceptors (Lipinski definition) is 1. The molecule has 1 nitrogen and oxygen atoms in total. The maximum atomic E-state index is 13.6. The summed E-state index contributed by atoms with van der Waals surface area (Å²) >= 11 is 0. The SMILES string of the molecule is Fc1ccc(F)c(NC2CCCC(C3CC3)C2)c1. The molecular formula is C15H19F2N. The summed E-state index contributed by atoms with van der Waals surface area (Å²) in [6.07, 6.45) is 7.43. The van der Waals surface area contributed by atoms with Crippen molar-refractivity contribution in [3.05, 3.63) is 29.8 Å². The first-order valence-electron chi connectivity index (χ1n) is 6.94. The molecule has 1 aromatic rings. The van der Waals surface area contributed by atoms with Crippen LogP contribution in [0.2, 0.25) is 0 Å². The number of nitrogens with one attached hydrogen (secondary N) is 1. The fourth-order valence-corrected chi connectivity index (χ4v) is 3.18. The van der Waals surface area contributed by atoms with Crippen molar-refractivity contribution >= 4 is 5.69 Å². The average Bonchev–Trinajstić information content (AvgIpc) is 3.18. The second-order valence-electron chi connectivity index (χ2n) is 5.73. The van der Waals surface area contributed by atoms with Crippen LogP contribution in [0.1, 0.15) is 38.5 Å². The van der Waals surface area contributed by atoms with E-state index in [1.807, 2.05) is 0 Å². The third-order valence-electron chi connectivity index (χ3n) is 4.29. The van der Waals surface area contributed by atoms with Gasteiger partial charge in [0.2, 0.25) is 0 Å². The van der Waals surface area contributed by atoms with Gasteiger partial charge >= 0.3 is 0 Å². The molecule has 1 aromatic carbocycles. The van der Waals surface area contributed by atoms with Crippen LogP contribution >= 0.6 is 0 Å². The zero-order valence-electron chi connectivity index (χ0n) is 10.5. The third-order valence-corrected chi connectivity index (χ3v) is 4.29. The van der Waals surface area contributed by atoms with Crippen molar-refractivity contribution in [2.24, 2.45) is 11.8 Å². The quantitative estimate of drug-likeness (QED) is 0.842. The lowest BCUT2D eigenvalue weighted by Gasteiger charge is -2.30. The van der Waals surface area contributed by atoms with Gasteiger partial charge in [-0.05, 0) is 55.7 Å². The van der Waals surface area contributed by atoms with Gasteiger partial charge in [-0.25, -0.2) is 8.78 Å². The first-order valence-corrected chi connectivity index (χ1v) is 6.94. The van der Waals surface area contributed by atoms with Gasteiger partial charge in [-0.2, -0.15) is 0 Å². The Labute approximate surface area is 107 Å². The van der Waals surface area contributed by atoms with Gasteiger partial charge in [-0.1, -0.05) is 12.8 Å². The molecule has 2 saturated carbocycles. The summed E-state index contributed by atoms with van der Waals surface area (Å²) in [5.74, 6) is 0.971. The lowest BCUT2D eigenvalue weighted by Crippen LogP contribution is -2.28. The summed E-state index contributed by atoms with van der Waals surface area (Å²) in [4.78, 5) is 0. The monoisotopic (exact) mass is 251 g/mol. The molecule has 2 fully saturated rings. The van der Waals surface area contributed by atoms with Crippen LogP contribution in [0.3, 0.4) is 0 Å².